The van der Waals surface area contributed by atoms with Gasteiger partial charge in [0.05, 0.1) is 6.20 Å². The Balaban J connectivity index is 1.88. The second-order valence-electron chi connectivity index (χ2n) is 3.77. The van der Waals surface area contributed by atoms with Crippen molar-refractivity contribution >= 4 is 40.0 Å². The van der Waals surface area contributed by atoms with Gasteiger partial charge in [-0.05, 0) is 41.4 Å². The van der Waals surface area contributed by atoms with Crippen molar-refractivity contribution in [2.24, 2.45) is 5.92 Å². The smallest absolute Gasteiger partial charge is 0.172 e. The number of aromatic nitrogens is 2. The number of nitrogens with zero attached hydrogens (tertiary/aromatic N) is 2. The second-order valence-corrected chi connectivity index (χ2v) is 5.23. The molecule has 0 saturated carbocycles. The molecule has 16 heavy (non-hydrogen) atoms. The Labute approximate surface area is 113 Å². The van der Waals surface area contributed by atoms with Gasteiger partial charge < -0.3 is 10.1 Å². The van der Waals surface area contributed by atoms with E-state index in [9.17, 15) is 0 Å². The molecule has 0 atom stereocenters. The molecule has 1 aromatic heterocycles. The van der Waals surface area contributed by atoms with Crippen molar-refractivity contribution in [2.75, 3.05) is 25.1 Å². The van der Waals surface area contributed by atoms with Crippen LogP contribution in [0.2, 0.25) is 5.15 Å². The van der Waals surface area contributed by atoms with Gasteiger partial charge in [0.2, 0.25) is 0 Å². The molecule has 1 fully saturated rings. The molecule has 0 aliphatic carbocycles. The molecule has 0 bridgehead atoms. The monoisotopic (exact) mass is 353 g/mol. The summed E-state index contributed by atoms with van der Waals surface area (Å²) in [5, 5.41) is 3.69. The van der Waals surface area contributed by atoms with Crippen molar-refractivity contribution in [2.45, 2.75) is 12.8 Å². The molecule has 6 heteroatoms. The fourth-order valence-corrected chi connectivity index (χ4v) is 2.39. The number of rotatable bonds is 3. The van der Waals surface area contributed by atoms with E-state index >= 15 is 0 Å². The van der Waals surface area contributed by atoms with E-state index in [4.69, 9.17) is 16.3 Å². The molecule has 1 aromatic rings. The lowest BCUT2D eigenvalue weighted by molar-refractivity contribution is 0.0699. The van der Waals surface area contributed by atoms with Crippen molar-refractivity contribution in [3.63, 3.8) is 0 Å². The molecule has 0 spiro atoms. The van der Waals surface area contributed by atoms with Gasteiger partial charge in [0.1, 0.15) is 3.70 Å². The Morgan fingerprint density at radius 2 is 2.25 bits per heavy atom. The zero-order chi connectivity index (χ0) is 11.4. The lowest BCUT2D eigenvalue weighted by Crippen LogP contribution is -2.23. The van der Waals surface area contributed by atoms with Gasteiger partial charge in [-0.2, -0.15) is 0 Å². The first-order valence-electron chi connectivity index (χ1n) is 5.25. The molecule has 0 amide bonds. The number of ether oxygens (including phenoxy) is 1. The van der Waals surface area contributed by atoms with Gasteiger partial charge in [0, 0.05) is 19.8 Å². The fraction of sp³-hybridized carbons (Fsp3) is 0.600. The highest BCUT2D eigenvalue weighted by Gasteiger charge is 2.14. The van der Waals surface area contributed by atoms with Gasteiger partial charge in [-0.25, -0.2) is 9.97 Å². The Bertz CT molecular complexity index is 358. The largest absolute Gasteiger partial charge is 0.381 e. The number of anilines is 1. The van der Waals surface area contributed by atoms with Crippen LogP contribution in [0, 0.1) is 9.62 Å². The average Bonchev–Trinajstić information content (AvgIpc) is 2.29. The Kier molecular flexibility index (Phi) is 4.60. The number of halogens is 2. The maximum Gasteiger partial charge on any atom is 0.172 e. The minimum Gasteiger partial charge on any atom is -0.381 e. The molecule has 0 radical (unpaired) electrons. The lowest BCUT2D eigenvalue weighted by Gasteiger charge is -2.22. The van der Waals surface area contributed by atoms with E-state index in [0.29, 0.717) is 16.9 Å². The summed E-state index contributed by atoms with van der Waals surface area (Å²) in [6.07, 6.45) is 3.91. The lowest BCUT2D eigenvalue weighted by atomic mass is 10.0. The van der Waals surface area contributed by atoms with Gasteiger partial charge in [-0.1, -0.05) is 11.6 Å². The maximum atomic E-state index is 5.98. The first-order valence-corrected chi connectivity index (χ1v) is 6.71. The zero-order valence-corrected chi connectivity index (χ0v) is 11.7. The first kappa shape index (κ1) is 12.3. The standard InChI is InChI=1S/C10H13ClIN3O/c11-9-10(14-6-8(12)15-9)13-5-7-1-3-16-4-2-7/h6-7H,1-5H2,(H,13,14). The van der Waals surface area contributed by atoms with E-state index < -0.39 is 0 Å². The molecular formula is C10H13ClIN3O. The quantitative estimate of drug-likeness (QED) is 0.849. The molecule has 1 saturated heterocycles. The van der Waals surface area contributed by atoms with Gasteiger partial charge >= 0.3 is 0 Å². The summed E-state index contributed by atoms with van der Waals surface area (Å²) in [6.45, 7) is 2.61. The van der Waals surface area contributed by atoms with E-state index in [1.54, 1.807) is 6.20 Å². The third-order valence-electron chi connectivity index (χ3n) is 2.60. The van der Waals surface area contributed by atoms with E-state index in [1.807, 2.05) is 0 Å². The van der Waals surface area contributed by atoms with Crippen LogP contribution in [0.25, 0.3) is 0 Å². The highest BCUT2D eigenvalue weighted by Crippen LogP contribution is 2.19. The van der Waals surface area contributed by atoms with Crippen molar-refractivity contribution in [1.82, 2.24) is 9.97 Å². The first-order chi connectivity index (χ1) is 7.75. The van der Waals surface area contributed by atoms with Crippen LogP contribution in [0.3, 0.4) is 0 Å². The van der Waals surface area contributed by atoms with E-state index in [-0.39, 0.29) is 0 Å². The molecule has 1 aliphatic heterocycles. The van der Waals surface area contributed by atoms with Crippen molar-refractivity contribution in [3.8, 4) is 0 Å². The molecule has 0 unspecified atom stereocenters. The van der Waals surface area contributed by atoms with Crippen LogP contribution in [-0.2, 0) is 4.74 Å². The Morgan fingerprint density at radius 3 is 2.94 bits per heavy atom. The van der Waals surface area contributed by atoms with E-state index in [1.165, 1.54) is 0 Å². The topological polar surface area (TPSA) is 47.0 Å². The van der Waals surface area contributed by atoms with Crippen LogP contribution in [0.15, 0.2) is 6.20 Å². The number of hydrogen-bond acceptors (Lipinski definition) is 4. The highest BCUT2D eigenvalue weighted by molar-refractivity contribution is 14.1. The molecule has 1 N–H and O–H groups in total. The van der Waals surface area contributed by atoms with E-state index in [0.717, 1.165) is 36.3 Å². The average molecular weight is 354 g/mol. The number of nitrogens with one attached hydrogen (secondary N) is 1. The molecule has 88 valence electrons. The number of hydrogen-bond donors (Lipinski definition) is 1. The molecule has 0 aromatic carbocycles. The third-order valence-corrected chi connectivity index (χ3v) is 3.38. The molecule has 4 nitrogen and oxygen atoms in total. The van der Waals surface area contributed by atoms with Crippen molar-refractivity contribution in [1.29, 1.82) is 0 Å². The summed E-state index contributed by atoms with van der Waals surface area (Å²) in [5.74, 6) is 1.32. The highest BCUT2D eigenvalue weighted by atomic mass is 127. The van der Waals surface area contributed by atoms with Crippen LogP contribution in [0.4, 0.5) is 5.82 Å². The normalized spacial score (nSPS) is 17.4. The third kappa shape index (κ3) is 3.43. The summed E-state index contributed by atoms with van der Waals surface area (Å²) < 4.78 is 6.11. The van der Waals surface area contributed by atoms with Gasteiger partial charge in [-0.3, -0.25) is 0 Å². The fourth-order valence-electron chi connectivity index (χ4n) is 1.66. The summed E-state index contributed by atoms with van der Waals surface area (Å²) >= 11 is 8.07. The van der Waals surface area contributed by atoms with Crippen LogP contribution in [0.1, 0.15) is 12.8 Å². The van der Waals surface area contributed by atoms with Crippen LogP contribution in [-0.4, -0.2) is 29.7 Å². The SMILES string of the molecule is Clc1nc(I)cnc1NCC1CCOCC1. The molecule has 1 aliphatic rings. The predicted octanol–water partition coefficient (Wildman–Crippen LogP) is 2.57. The van der Waals surface area contributed by atoms with Crippen LogP contribution >= 0.6 is 34.2 Å². The summed E-state index contributed by atoms with van der Waals surface area (Å²) in [4.78, 5) is 8.36. The van der Waals surface area contributed by atoms with Gasteiger partial charge in [0.25, 0.3) is 0 Å². The van der Waals surface area contributed by atoms with Crippen LogP contribution in [0.5, 0.6) is 0 Å². The Morgan fingerprint density at radius 1 is 1.50 bits per heavy atom. The zero-order valence-electron chi connectivity index (χ0n) is 8.75. The Hall–Kier alpha value is -0.140. The summed E-state index contributed by atoms with van der Waals surface area (Å²) in [5.41, 5.74) is 0. The second kappa shape index (κ2) is 5.97. The minimum atomic E-state index is 0.443. The van der Waals surface area contributed by atoms with Crippen molar-refractivity contribution < 1.29 is 4.74 Å². The predicted molar refractivity (Wildman–Crippen MR) is 71.8 cm³/mol. The van der Waals surface area contributed by atoms with Gasteiger partial charge in [0.15, 0.2) is 11.0 Å². The van der Waals surface area contributed by atoms with Crippen LogP contribution < -0.4 is 5.32 Å². The maximum absolute atomic E-state index is 5.98. The van der Waals surface area contributed by atoms with E-state index in [2.05, 4.69) is 37.9 Å². The molecule has 2 rings (SSSR count). The molecular weight excluding hydrogens is 340 g/mol. The van der Waals surface area contributed by atoms with Gasteiger partial charge in [-0.15, -0.1) is 0 Å². The minimum absolute atomic E-state index is 0.443. The summed E-state index contributed by atoms with van der Waals surface area (Å²) in [7, 11) is 0. The van der Waals surface area contributed by atoms with Crippen molar-refractivity contribution in [3.05, 3.63) is 15.1 Å². The summed E-state index contributed by atoms with van der Waals surface area (Å²) in [6, 6.07) is 0. The molecule has 2 heterocycles.